The van der Waals surface area contributed by atoms with Gasteiger partial charge in [0.1, 0.15) is 10.7 Å². The van der Waals surface area contributed by atoms with Gasteiger partial charge >= 0.3 is 5.69 Å². The second kappa shape index (κ2) is 6.71. The molecule has 1 N–H and O–H groups in total. The molecule has 0 fully saturated rings. The first-order valence-corrected chi connectivity index (χ1v) is 6.99. The van der Waals surface area contributed by atoms with Crippen molar-refractivity contribution in [2.45, 2.75) is 6.92 Å². The lowest BCUT2D eigenvalue weighted by molar-refractivity contribution is -0.383. The number of nitro groups is 1. The second-order valence-corrected chi connectivity index (χ2v) is 5.15. The van der Waals surface area contributed by atoms with Crippen LogP contribution in [0.15, 0.2) is 18.2 Å². The van der Waals surface area contributed by atoms with Crippen molar-refractivity contribution >= 4 is 34.7 Å². The Morgan fingerprint density at radius 3 is 2.88 bits per heavy atom. The summed E-state index contributed by atoms with van der Waals surface area (Å²) in [6, 6.07) is 4.91. The zero-order chi connectivity index (χ0) is 12.8. The molecule has 0 aliphatic rings. The fourth-order valence-electron chi connectivity index (χ4n) is 1.47. The molecule has 1 aromatic carbocycles. The number of para-hydroxylation sites is 1. The molecule has 0 saturated carbocycles. The Kier molecular flexibility index (Phi) is 5.58. The van der Waals surface area contributed by atoms with Gasteiger partial charge in [-0.2, -0.15) is 11.8 Å². The van der Waals surface area contributed by atoms with Crippen molar-refractivity contribution in [1.82, 2.24) is 0 Å². The highest BCUT2D eigenvalue weighted by molar-refractivity contribution is 7.98. The number of nitrogens with zero attached hydrogens (tertiary/aromatic N) is 1. The van der Waals surface area contributed by atoms with Crippen LogP contribution in [0.3, 0.4) is 0 Å². The molecule has 6 heteroatoms. The van der Waals surface area contributed by atoms with E-state index in [-0.39, 0.29) is 10.7 Å². The summed E-state index contributed by atoms with van der Waals surface area (Å²) in [7, 11) is 0. The largest absolute Gasteiger partial charge is 0.379 e. The van der Waals surface area contributed by atoms with E-state index < -0.39 is 4.92 Å². The second-order valence-electron chi connectivity index (χ2n) is 3.83. The number of hydrogen-bond acceptors (Lipinski definition) is 4. The molecule has 1 atom stereocenters. The first-order valence-electron chi connectivity index (χ1n) is 5.22. The fraction of sp³-hybridized carbons (Fsp3) is 0.455. The SMILES string of the molecule is CSCC(C)CNc1cccc(Cl)c1[N+](=O)[O-]. The molecule has 0 heterocycles. The highest BCUT2D eigenvalue weighted by Gasteiger charge is 2.18. The van der Waals surface area contributed by atoms with Crippen LogP contribution >= 0.6 is 23.4 Å². The molecule has 1 unspecified atom stereocenters. The van der Waals surface area contributed by atoms with E-state index >= 15 is 0 Å². The third kappa shape index (κ3) is 4.09. The number of benzene rings is 1. The summed E-state index contributed by atoms with van der Waals surface area (Å²) < 4.78 is 0. The van der Waals surface area contributed by atoms with Crippen molar-refractivity contribution in [3.8, 4) is 0 Å². The zero-order valence-electron chi connectivity index (χ0n) is 9.77. The van der Waals surface area contributed by atoms with Crippen LogP contribution in [0.4, 0.5) is 11.4 Å². The topological polar surface area (TPSA) is 55.2 Å². The third-order valence-electron chi connectivity index (χ3n) is 2.26. The first kappa shape index (κ1) is 14.1. The van der Waals surface area contributed by atoms with Crippen LogP contribution in [0.25, 0.3) is 0 Å². The van der Waals surface area contributed by atoms with Crippen molar-refractivity contribution in [3.63, 3.8) is 0 Å². The Morgan fingerprint density at radius 1 is 1.59 bits per heavy atom. The van der Waals surface area contributed by atoms with Gasteiger partial charge in [0, 0.05) is 6.54 Å². The number of nitrogens with one attached hydrogen (secondary N) is 1. The summed E-state index contributed by atoms with van der Waals surface area (Å²) >= 11 is 7.57. The van der Waals surface area contributed by atoms with E-state index in [0.29, 0.717) is 18.2 Å². The van der Waals surface area contributed by atoms with Crippen LogP contribution in [0.1, 0.15) is 6.92 Å². The molecule has 0 aliphatic carbocycles. The highest BCUT2D eigenvalue weighted by atomic mass is 35.5. The van der Waals surface area contributed by atoms with Gasteiger partial charge in [-0.25, -0.2) is 0 Å². The molecular formula is C11H15ClN2O2S. The standard InChI is InChI=1S/C11H15ClN2O2S/c1-8(7-17-2)6-13-10-5-3-4-9(12)11(10)14(15)16/h3-5,8,13H,6-7H2,1-2H3. The molecule has 0 aromatic heterocycles. The lowest BCUT2D eigenvalue weighted by Gasteiger charge is -2.12. The maximum atomic E-state index is 10.9. The quantitative estimate of drug-likeness (QED) is 0.635. The summed E-state index contributed by atoms with van der Waals surface area (Å²) in [6.45, 7) is 2.79. The van der Waals surface area contributed by atoms with Crippen LogP contribution in [0, 0.1) is 16.0 Å². The van der Waals surface area contributed by atoms with Crippen molar-refractivity contribution in [2.24, 2.45) is 5.92 Å². The molecular weight excluding hydrogens is 260 g/mol. The molecule has 94 valence electrons. The lowest BCUT2D eigenvalue weighted by atomic mass is 10.2. The van der Waals surface area contributed by atoms with Crippen molar-refractivity contribution in [2.75, 3.05) is 23.9 Å². The maximum Gasteiger partial charge on any atom is 0.310 e. The van der Waals surface area contributed by atoms with Crippen LogP contribution in [0.5, 0.6) is 0 Å². The molecule has 0 aliphatic heterocycles. The van der Waals surface area contributed by atoms with E-state index in [0.717, 1.165) is 5.75 Å². The number of nitro benzene ring substituents is 1. The summed E-state index contributed by atoms with van der Waals surface area (Å²) in [6.07, 6.45) is 2.04. The number of thioether (sulfide) groups is 1. The van der Waals surface area contributed by atoms with Gasteiger partial charge in [-0.05, 0) is 30.1 Å². The van der Waals surface area contributed by atoms with Crippen LogP contribution in [0.2, 0.25) is 5.02 Å². The molecule has 0 spiro atoms. The summed E-state index contributed by atoms with van der Waals surface area (Å²) in [5.41, 5.74) is 0.431. The van der Waals surface area contributed by atoms with Gasteiger partial charge in [-0.1, -0.05) is 24.6 Å². The average molecular weight is 275 g/mol. The average Bonchev–Trinajstić information content (AvgIpc) is 2.26. The van der Waals surface area contributed by atoms with E-state index in [2.05, 4.69) is 12.2 Å². The van der Waals surface area contributed by atoms with E-state index in [9.17, 15) is 10.1 Å². The number of rotatable bonds is 6. The van der Waals surface area contributed by atoms with Gasteiger partial charge in [0.15, 0.2) is 0 Å². The molecule has 0 saturated heterocycles. The molecule has 1 aromatic rings. The third-order valence-corrected chi connectivity index (χ3v) is 3.47. The zero-order valence-corrected chi connectivity index (χ0v) is 11.3. The first-order chi connectivity index (χ1) is 8.06. The molecule has 17 heavy (non-hydrogen) atoms. The molecule has 1 rings (SSSR count). The van der Waals surface area contributed by atoms with Gasteiger partial charge in [0.05, 0.1) is 4.92 Å². The summed E-state index contributed by atoms with van der Waals surface area (Å²) in [4.78, 5) is 10.4. The predicted molar refractivity (Wildman–Crippen MR) is 74.1 cm³/mol. The highest BCUT2D eigenvalue weighted by Crippen LogP contribution is 2.32. The predicted octanol–water partition coefficient (Wildman–Crippen LogP) is 3.66. The van der Waals surface area contributed by atoms with E-state index in [4.69, 9.17) is 11.6 Å². The van der Waals surface area contributed by atoms with Gasteiger partial charge in [-0.15, -0.1) is 0 Å². The van der Waals surface area contributed by atoms with E-state index in [1.807, 2.05) is 6.26 Å². The molecule has 0 amide bonds. The Bertz CT molecular complexity index is 401. The smallest absolute Gasteiger partial charge is 0.310 e. The summed E-state index contributed by atoms with van der Waals surface area (Å²) in [5, 5.41) is 14.1. The Morgan fingerprint density at radius 2 is 2.29 bits per heavy atom. The van der Waals surface area contributed by atoms with Crippen molar-refractivity contribution in [3.05, 3.63) is 33.3 Å². The van der Waals surface area contributed by atoms with Crippen LogP contribution < -0.4 is 5.32 Å². The lowest BCUT2D eigenvalue weighted by Crippen LogP contribution is -2.14. The molecule has 0 bridgehead atoms. The number of anilines is 1. The summed E-state index contributed by atoms with van der Waals surface area (Å²) in [5.74, 6) is 1.46. The molecule has 4 nitrogen and oxygen atoms in total. The number of halogens is 1. The Balaban J connectivity index is 2.77. The Labute approximate surface area is 110 Å². The fourth-order valence-corrected chi connectivity index (χ4v) is 2.40. The minimum absolute atomic E-state index is 0.0504. The van der Waals surface area contributed by atoms with Crippen LogP contribution in [-0.4, -0.2) is 23.5 Å². The van der Waals surface area contributed by atoms with Gasteiger partial charge < -0.3 is 5.32 Å². The normalized spacial score (nSPS) is 12.2. The van der Waals surface area contributed by atoms with Gasteiger partial charge in [0.2, 0.25) is 0 Å². The molecule has 0 radical (unpaired) electrons. The van der Waals surface area contributed by atoms with Crippen LogP contribution in [-0.2, 0) is 0 Å². The van der Waals surface area contributed by atoms with Gasteiger partial charge in [0.25, 0.3) is 0 Å². The van der Waals surface area contributed by atoms with Crippen molar-refractivity contribution < 1.29 is 4.92 Å². The monoisotopic (exact) mass is 274 g/mol. The Hall–Kier alpha value is -0.940. The van der Waals surface area contributed by atoms with Crippen molar-refractivity contribution in [1.29, 1.82) is 0 Å². The van der Waals surface area contributed by atoms with Gasteiger partial charge in [-0.3, -0.25) is 10.1 Å². The van der Waals surface area contributed by atoms with E-state index in [1.165, 1.54) is 6.07 Å². The number of hydrogen-bond donors (Lipinski definition) is 1. The minimum Gasteiger partial charge on any atom is -0.379 e. The maximum absolute atomic E-state index is 10.9. The minimum atomic E-state index is -0.454. The van der Waals surface area contributed by atoms with E-state index in [1.54, 1.807) is 23.9 Å².